The Hall–Kier alpha value is -1.14. The van der Waals surface area contributed by atoms with Crippen molar-refractivity contribution < 1.29 is 9.59 Å². The predicted molar refractivity (Wildman–Crippen MR) is 72.6 cm³/mol. The van der Waals surface area contributed by atoms with Crippen LogP contribution in [0, 0.1) is 5.92 Å². The number of rotatable bonds is 4. The van der Waals surface area contributed by atoms with Gasteiger partial charge in [-0.3, -0.25) is 9.59 Å². The molecule has 0 aromatic rings. The van der Waals surface area contributed by atoms with Crippen LogP contribution in [0.1, 0.15) is 19.8 Å². The Balaban J connectivity index is 1.70. The molecule has 2 aliphatic rings. The lowest BCUT2D eigenvalue weighted by Crippen LogP contribution is -2.53. The van der Waals surface area contributed by atoms with Crippen molar-refractivity contribution in [3.8, 4) is 0 Å². The minimum absolute atomic E-state index is 0.00515. The van der Waals surface area contributed by atoms with Crippen LogP contribution < -0.4 is 16.0 Å². The van der Waals surface area contributed by atoms with Crippen LogP contribution in [0.3, 0.4) is 0 Å². The highest BCUT2D eigenvalue weighted by molar-refractivity contribution is 5.86. The van der Waals surface area contributed by atoms with E-state index in [-0.39, 0.29) is 18.4 Å². The van der Waals surface area contributed by atoms with Crippen molar-refractivity contribution in [2.45, 2.75) is 25.8 Å². The smallest absolute Gasteiger partial charge is 0.239 e. The van der Waals surface area contributed by atoms with Crippen molar-refractivity contribution in [1.29, 1.82) is 0 Å². The standard InChI is InChI=1S/C13H24N4O2/c1-10-3-2-4-15-11(10)7-16-12(18)9-17-6-5-14-8-13(17)19/h10-11,14-15H,2-9H2,1H3,(H,16,18)/t10-,11-/m1/s1. The lowest BCUT2D eigenvalue weighted by Gasteiger charge is -2.31. The predicted octanol–water partition coefficient (Wildman–Crippen LogP) is -1.08. The van der Waals surface area contributed by atoms with Crippen LogP contribution in [-0.2, 0) is 9.59 Å². The highest BCUT2D eigenvalue weighted by Crippen LogP contribution is 2.14. The van der Waals surface area contributed by atoms with Gasteiger partial charge in [-0.15, -0.1) is 0 Å². The summed E-state index contributed by atoms with van der Waals surface area (Å²) < 4.78 is 0. The Kier molecular flexibility index (Phi) is 5.15. The van der Waals surface area contributed by atoms with E-state index in [9.17, 15) is 9.59 Å². The van der Waals surface area contributed by atoms with Crippen molar-refractivity contribution in [3.05, 3.63) is 0 Å². The molecule has 2 atom stereocenters. The quantitative estimate of drug-likeness (QED) is 0.606. The number of hydrogen-bond donors (Lipinski definition) is 3. The summed E-state index contributed by atoms with van der Waals surface area (Å²) in [5, 5.41) is 9.36. The molecule has 3 N–H and O–H groups in total. The van der Waals surface area contributed by atoms with Gasteiger partial charge in [-0.25, -0.2) is 0 Å². The van der Waals surface area contributed by atoms with Crippen LogP contribution in [0.25, 0.3) is 0 Å². The summed E-state index contributed by atoms with van der Waals surface area (Å²) in [7, 11) is 0. The van der Waals surface area contributed by atoms with Gasteiger partial charge in [0, 0.05) is 25.7 Å². The van der Waals surface area contributed by atoms with Crippen molar-refractivity contribution in [2.24, 2.45) is 5.92 Å². The summed E-state index contributed by atoms with van der Waals surface area (Å²) in [5.74, 6) is 0.537. The number of hydrogen-bond acceptors (Lipinski definition) is 4. The van der Waals surface area contributed by atoms with E-state index in [1.54, 1.807) is 4.90 Å². The van der Waals surface area contributed by atoms with Gasteiger partial charge in [-0.05, 0) is 25.3 Å². The largest absolute Gasteiger partial charge is 0.353 e. The van der Waals surface area contributed by atoms with Crippen LogP contribution in [0.2, 0.25) is 0 Å². The molecule has 0 radical (unpaired) electrons. The molecule has 2 saturated heterocycles. The Labute approximate surface area is 114 Å². The third-order valence-corrected chi connectivity index (χ3v) is 3.97. The molecule has 0 spiro atoms. The zero-order chi connectivity index (χ0) is 13.7. The first-order chi connectivity index (χ1) is 9.16. The molecule has 0 bridgehead atoms. The molecule has 2 heterocycles. The van der Waals surface area contributed by atoms with E-state index in [1.807, 2.05) is 0 Å². The molecule has 6 nitrogen and oxygen atoms in total. The average molecular weight is 268 g/mol. The number of carbonyl (C=O) groups excluding carboxylic acids is 2. The third kappa shape index (κ3) is 4.18. The van der Waals surface area contributed by atoms with Gasteiger partial charge in [0.15, 0.2) is 0 Å². The summed E-state index contributed by atoms with van der Waals surface area (Å²) in [6.07, 6.45) is 2.42. The van der Waals surface area contributed by atoms with E-state index in [1.165, 1.54) is 12.8 Å². The molecule has 0 aliphatic carbocycles. The topological polar surface area (TPSA) is 73.5 Å². The van der Waals surface area contributed by atoms with Crippen molar-refractivity contribution >= 4 is 11.8 Å². The maximum absolute atomic E-state index is 11.9. The van der Waals surface area contributed by atoms with E-state index < -0.39 is 0 Å². The summed E-state index contributed by atoms with van der Waals surface area (Å²) >= 11 is 0. The van der Waals surface area contributed by atoms with Gasteiger partial charge in [0.25, 0.3) is 0 Å². The van der Waals surface area contributed by atoms with Crippen LogP contribution in [0.4, 0.5) is 0 Å². The maximum Gasteiger partial charge on any atom is 0.239 e. The van der Waals surface area contributed by atoms with Gasteiger partial charge in [0.2, 0.25) is 11.8 Å². The lowest BCUT2D eigenvalue weighted by molar-refractivity contribution is -0.136. The van der Waals surface area contributed by atoms with Crippen LogP contribution in [0.15, 0.2) is 0 Å². The zero-order valence-electron chi connectivity index (χ0n) is 11.6. The Morgan fingerprint density at radius 2 is 2.32 bits per heavy atom. The van der Waals surface area contributed by atoms with E-state index in [4.69, 9.17) is 0 Å². The molecule has 6 heteroatoms. The molecular formula is C13H24N4O2. The fourth-order valence-electron chi connectivity index (χ4n) is 2.65. The number of piperidine rings is 1. The van der Waals surface area contributed by atoms with Gasteiger partial charge in [0.1, 0.15) is 0 Å². The Bertz CT molecular complexity index is 335. The third-order valence-electron chi connectivity index (χ3n) is 3.97. The lowest BCUT2D eigenvalue weighted by atomic mass is 9.93. The summed E-state index contributed by atoms with van der Waals surface area (Å²) in [5.41, 5.74) is 0. The summed E-state index contributed by atoms with van der Waals surface area (Å²) in [4.78, 5) is 25.0. The number of carbonyl (C=O) groups is 2. The highest BCUT2D eigenvalue weighted by Gasteiger charge is 2.23. The molecule has 2 fully saturated rings. The van der Waals surface area contributed by atoms with Crippen molar-refractivity contribution in [2.75, 3.05) is 39.3 Å². The number of nitrogens with one attached hydrogen (secondary N) is 3. The van der Waals surface area contributed by atoms with Crippen molar-refractivity contribution in [3.63, 3.8) is 0 Å². The second-order valence-corrected chi connectivity index (χ2v) is 5.48. The molecular weight excluding hydrogens is 244 g/mol. The minimum atomic E-state index is -0.0603. The molecule has 2 aliphatic heterocycles. The number of nitrogens with zero attached hydrogens (tertiary/aromatic N) is 1. The van der Waals surface area contributed by atoms with Crippen LogP contribution in [0.5, 0.6) is 0 Å². The average Bonchev–Trinajstić information content (AvgIpc) is 2.40. The fourth-order valence-corrected chi connectivity index (χ4v) is 2.65. The maximum atomic E-state index is 11.9. The second-order valence-electron chi connectivity index (χ2n) is 5.48. The molecule has 0 saturated carbocycles. The van der Waals surface area contributed by atoms with Gasteiger partial charge >= 0.3 is 0 Å². The SMILES string of the molecule is C[C@@H]1CCCN[C@@H]1CNC(=O)CN1CCNCC1=O. The summed E-state index contributed by atoms with van der Waals surface area (Å²) in [6, 6.07) is 0.358. The first kappa shape index (κ1) is 14.3. The minimum Gasteiger partial charge on any atom is -0.353 e. The summed E-state index contributed by atoms with van der Waals surface area (Å²) in [6.45, 7) is 5.80. The molecule has 0 aromatic carbocycles. The number of amides is 2. The first-order valence-electron chi connectivity index (χ1n) is 7.15. The normalized spacial score (nSPS) is 28.3. The molecule has 0 aromatic heterocycles. The molecule has 2 amide bonds. The molecule has 2 rings (SSSR count). The highest BCUT2D eigenvalue weighted by atomic mass is 16.2. The van der Waals surface area contributed by atoms with E-state index in [2.05, 4.69) is 22.9 Å². The van der Waals surface area contributed by atoms with Gasteiger partial charge in [0.05, 0.1) is 13.1 Å². The Morgan fingerprint density at radius 1 is 1.47 bits per heavy atom. The van der Waals surface area contributed by atoms with Gasteiger partial charge in [-0.2, -0.15) is 0 Å². The van der Waals surface area contributed by atoms with Gasteiger partial charge < -0.3 is 20.9 Å². The zero-order valence-corrected chi connectivity index (χ0v) is 11.6. The monoisotopic (exact) mass is 268 g/mol. The second kappa shape index (κ2) is 6.86. The fraction of sp³-hybridized carbons (Fsp3) is 0.846. The van der Waals surface area contributed by atoms with Crippen LogP contribution in [-0.4, -0.2) is 62.0 Å². The molecule has 19 heavy (non-hydrogen) atoms. The van der Waals surface area contributed by atoms with Gasteiger partial charge in [-0.1, -0.05) is 6.92 Å². The number of piperazine rings is 1. The van der Waals surface area contributed by atoms with E-state index in [0.29, 0.717) is 31.6 Å². The first-order valence-corrected chi connectivity index (χ1v) is 7.15. The van der Waals surface area contributed by atoms with E-state index >= 15 is 0 Å². The molecule has 108 valence electrons. The van der Waals surface area contributed by atoms with E-state index in [0.717, 1.165) is 13.1 Å². The van der Waals surface area contributed by atoms with Crippen LogP contribution >= 0.6 is 0 Å². The Morgan fingerprint density at radius 3 is 3.05 bits per heavy atom. The molecule has 0 unspecified atom stereocenters. The van der Waals surface area contributed by atoms with Crippen molar-refractivity contribution in [1.82, 2.24) is 20.9 Å².